The summed E-state index contributed by atoms with van der Waals surface area (Å²) in [6, 6.07) is 15.1. The summed E-state index contributed by atoms with van der Waals surface area (Å²) in [4.78, 5) is 13.7. The molecule has 0 saturated heterocycles. The number of methoxy groups -OCH3 is 1. The molecule has 2 aromatic rings. The molecule has 2 N–H and O–H groups in total. The van der Waals surface area contributed by atoms with E-state index in [1.165, 1.54) is 7.11 Å². The van der Waals surface area contributed by atoms with E-state index in [0.717, 1.165) is 11.1 Å². The Hall–Kier alpha value is -2.53. The van der Waals surface area contributed by atoms with Gasteiger partial charge < -0.3 is 20.1 Å². The predicted octanol–water partition coefficient (Wildman–Crippen LogP) is 2.71. The molecule has 0 spiro atoms. The lowest BCUT2D eigenvalue weighted by Crippen LogP contribution is -2.29. The van der Waals surface area contributed by atoms with Gasteiger partial charge in [0.2, 0.25) is 5.91 Å². The zero-order valence-electron chi connectivity index (χ0n) is 14.3. The minimum Gasteiger partial charge on any atom is -0.504 e. The molecule has 1 atom stereocenters. The average Bonchev–Trinajstić information content (AvgIpc) is 2.59. The van der Waals surface area contributed by atoms with Crippen molar-refractivity contribution in [1.82, 2.24) is 10.2 Å². The third kappa shape index (κ3) is 4.73. The number of aromatic hydroxyl groups is 1. The van der Waals surface area contributed by atoms with Gasteiger partial charge in [0, 0.05) is 33.1 Å². The summed E-state index contributed by atoms with van der Waals surface area (Å²) in [5.41, 5.74) is 1.98. The first-order valence-corrected chi connectivity index (χ1v) is 7.85. The van der Waals surface area contributed by atoms with Crippen LogP contribution in [-0.4, -0.2) is 37.1 Å². The van der Waals surface area contributed by atoms with E-state index in [1.54, 1.807) is 31.1 Å². The monoisotopic (exact) mass is 328 g/mol. The Labute approximate surface area is 142 Å². The fourth-order valence-electron chi connectivity index (χ4n) is 2.44. The molecule has 0 aliphatic rings. The lowest BCUT2D eigenvalue weighted by molar-refractivity contribution is -0.129. The molecule has 0 aliphatic heterocycles. The summed E-state index contributed by atoms with van der Waals surface area (Å²) in [6.07, 6.45) is 0.374. The molecule has 5 nitrogen and oxygen atoms in total. The van der Waals surface area contributed by atoms with Crippen molar-refractivity contribution in [2.24, 2.45) is 0 Å². The topological polar surface area (TPSA) is 61.8 Å². The van der Waals surface area contributed by atoms with E-state index in [4.69, 9.17) is 4.74 Å². The molecule has 0 unspecified atom stereocenters. The van der Waals surface area contributed by atoms with E-state index >= 15 is 0 Å². The molecule has 0 aliphatic carbocycles. The fourth-order valence-corrected chi connectivity index (χ4v) is 2.44. The smallest absolute Gasteiger partial charge is 0.223 e. The second kappa shape index (κ2) is 8.36. The normalized spacial score (nSPS) is 11.8. The largest absolute Gasteiger partial charge is 0.504 e. The Morgan fingerprint density at radius 1 is 1.21 bits per heavy atom. The number of hydrogen-bond acceptors (Lipinski definition) is 4. The summed E-state index contributed by atoms with van der Waals surface area (Å²) in [6.45, 7) is 0.540. The molecule has 2 rings (SSSR count). The van der Waals surface area contributed by atoms with Crippen LogP contribution in [-0.2, 0) is 11.3 Å². The molecule has 0 fully saturated rings. The highest BCUT2D eigenvalue weighted by atomic mass is 16.5. The number of nitrogens with one attached hydrogen (secondary N) is 1. The Kier molecular flexibility index (Phi) is 6.21. The second-order valence-corrected chi connectivity index (χ2v) is 5.84. The lowest BCUT2D eigenvalue weighted by atomic mass is 10.0. The third-order valence-electron chi connectivity index (χ3n) is 3.88. The average molecular weight is 328 g/mol. The minimum atomic E-state index is -0.0923. The molecule has 24 heavy (non-hydrogen) atoms. The number of phenolic OH excluding ortho intramolecular Hbond substituents is 1. The second-order valence-electron chi connectivity index (χ2n) is 5.84. The van der Waals surface area contributed by atoms with E-state index in [0.29, 0.717) is 18.7 Å². The van der Waals surface area contributed by atoms with Gasteiger partial charge in [-0.15, -0.1) is 0 Å². The van der Waals surface area contributed by atoms with Crippen LogP contribution in [0.3, 0.4) is 0 Å². The van der Waals surface area contributed by atoms with E-state index in [9.17, 15) is 9.90 Å². The van der Waals surface area contributed by atoms with Gasteiger partial charge in [-0.05, 0) is 23.3 Å². The quantitative estimate of drug-likeness (QED) is 0.820. The first-order chi connectivity index (χ1) is 11.5. The lowest BCUT2D eigenvalue weighted by Gasteiger charge is -2.21. The first kappa shape index (κ1) is 17.8. The highest BCUT2D eigenvalue weighted by Crippen LogP contribution is 2.26. The maximum Gasteiger partial charge on any atom is 0.223 e. The highest BCUT2D eigenvalue weighted by Gasteiger charge is 2.17. The predicted molar refractivity (Wildman–Crippen MR) is 94.0 cm³/mol. The number of hydrogen-bond donors (Lipinski definition) is 2. The van der Waals surface area contributed by atoms with Crippen molar-refractivity contribution in [3.63, 3.8) is 0 Å². The van der Waals surface area contributed by atoms with Crippen LogP contribution in [0.4, 0.5) is 0 Å². The van der Waals surface area contributed by atoms with Crippen molar-refractivity contribution >= 4 is 5.91 Å². The molecule has 2 aromatic carbocycles. The van der Waals surface area contributed by atoms with Crippen molar-refractivity contribution < 1.29 is 14.6 Å². The number of carbonyl (C=O) groups excluding carboxylic acids is 1. The number of nitrogens with zero attached hydrogens (tertiary/aromatic N) is 1. The molecule has 0 saturated carbocycles. The maximum absolute atomic E-state index is 12.1. The number of amides is 1. The fraction of sp³-hybridized carbons (Fsp3) is 0.316. The van der Waals surface area contributed by atoms with Crippen molar-refractivity contribution in [1.29, 1.82) is 0 Å². The van der Waals surface area contributed by atoms with Gasteiger partial charge in [0.1, 0.15) is 0 Å². The molecule has 5 heteroatoms. The highest BCUT2D eigenvalue weighted by molar-refractivity contribution is 5.76. The molecule has 0 aromatic heterocycles. The maximum atomic E-state index is 12.1. The van der Waals surface area contributed by atoms with Crippen molar-refractivity contribution in [2.45, 2.75) is 19.0 Å². The van der Waals surface area contributed by atoms with Gasteiger partial charge in [-0.2, -0.15) is 0 Å². The van der Waals surface area contributed by atoms with Gasteiger partial charge >= 0.3 is 0 Å². The minimum absolute atomic E-state index is 0.0638. The van der Waals surface area contributed by atoms with E-state index in [1.807, 2.05) is 36.4 Å². The molecule has 0 bridgehead atoms. The van der Waals surface area contributed by atoms with Crippen LogP contribution in [0.2, 0.25) is 0 Å². The van der Waals surface area contributed by atoms with Crippen LogP contribution in [0.25, 0.3) is 0 Å². The molecule has 0 heterocycles. The van der Waals surface area contributed by atoms with Gasteiger partial charge in [0.05, 0.1) is 7.11 Å². The van der Waals surface area contributed by atoms with Crippen LogP contribution in [0.1, 0.15) is 23.6 Å². The van der Waals surface area contributed by atoms with Crippen LogP contribution in [0, 0.1) is 0 Å². The standard InChI is InChI=1S/C19H24N2O3/c1-21(2)19(23)12-16(15-7-5-4-6-8-15)20-13-14-9-10-18(24-3)17(22)11-14/h4-11,16,20,22H,12-13H2,1-3H3/t16-/m0/s1. The molecule has 1 amide bonds. The van der Waals surface area contributed by atoms with Gasteiger partial charge in [-0.3, -0.25) is 4.79 Å². The van der Waals surface area contributed by atoms with Gasteiger partial charge in [0.25, 0.3) is 0 Å². The Morgan fingerprint density at radius 3 is 2.50 bits per heavy atom. The van der Waals surface area contributed by atoms with E-state index in [2.05, 4.69) is 5.32 Å². The van der Waals surface area contributed by atoms with Gasteiger partial charge in [0.15, 0.2) is 11.5 Å². The molecule has 0 radical (unpaired) electrons. The Bertz CT molecular complexity index is 672. The summed E-state index contributed by atoms with van der Waals surface area (Å²) in [7, 11) is 5.03. The molecular formula is C19H24N2O3. The van der Waals surface area contributed by atoms with Gasteiger partial charge in [-0.1, -0.05) is 36.4 Å². The summed E-state index contributed by atoms with van der Waals surface area (Å²) < 4.78 is 5.05. The van der Waals surface area contributed by atoms with Crippen LogP contribution < -0.4 is 10.1 Å². The van der Waals surface area contributed by atoms with Gasteiger partial charge in [-0.25, -0.2) is 0 Å². The zero-order chi connectivity index (χ0) is 17.5. The summed E-state index contributed by atoms with van der Waals surface area (Å²) >= 11 is 0. The molecular weight excluding hydrogens is 304 g/mol. The van der Waals surface area contributed by atoms with Crippen LogP contribution in [0.15, 0.2) is 48.5 Å². The van der Waals surface area contributed by atoms with Crippen molar-refractivity contribution in [3.05, 3.63) is 59.7 Å². The van der Waals surface area contributed by atoms with E-state index in [-0.39, 0.29) is 17.7 Å². The summed E-state index contributed by atoms with van der Waals surface area (Å²) in [5, 5.41) is 13.3. The Morgan fingerprint density at radius 2 is 1.92 bits per heavy atom. The van der Waals surface area contributed by atoms with Crippen molar-refractivity contribution in [3.8, 4) is 11.5 Å². The van der Waals surface area contributed by atoms with E-state index < -0.39 is 0 Å². The SMILES string of the molecule is COc1ccc(CN[C@@H](CC(=O)N(C)C)c2ccccc2)cc1O. The first-order valence-electron chi connectivity index (χ1n) is 7.85. The number of ether oxygens (including phenoxy) is 1. The van der Waals surface area contributed by atoms with Crippen LogP contribution in [0.5, 0.6) is 11.5 Å². The number of rotatable bonds is 7. The third-order valence-corrected chi connectivity index (χ3v) is 3.88. The zero-order valence-corrected chi connectivity index (χ0v) is 14.3. The summed E-state index contributed by atoms with van der Waals surface area (Å²) in [5.74, 6) is 0.618. The Balaban J connectivity index is 2.10. The van der Waals surface area contributed by atoms with Crippen molar-refractivity contribution in [2.75, 3.05) is 21.2 Å². The number of phenols is 1. The number of carbonyl (C=O) groups is 1. The van der Waals surface area contributed by atoms with Crippen LogP contribution >= 0.6 is 0 Å². The molecule has 128 valence electrons. The number of benzene rings is 2.